The maximum Gasteiger partial charge on any atom is 0.155 e. The van der Waals surface area contributed by atoms with Gasteiger partial charge in [-0.3, -0.25) is 0 Å². The molecule has 2 rings (SSSR count). The molecule has 2 fully saturated rings. The van der Waals surface area contributed by atoms with E-state index >= 15 is 0 Å². The lowest BCUT2D eigenvalue weighted by Gasteiger charge is -2.19. The Hall–Kier alpha value is -0.210. The lowest BCUT2D eigenvalue weighted by atomic mass is 10.2. The SMILES string of the molecule is CC(CCCOCC1CO1)S(=O)(=O)C(C)CCCOCC1CO1. The molecule has 0 N–H and O–H groups in total. The summed E-state index contributed by atoms with van der Waals surface area (Å²) >= 11 is 0. The largest absolute Gasteiger partial charge is 0.379 e. The molecule has 0 amide bonds. The van der Waals surface area contributed by atoms with Crippen molar-refractivity contribution in [3.05, 3.63) is 0 Å². The van der Waals surface area contributed by atoms with Crippen LogP contribution >= 0.6 is 0 Å². The molecular weight excluding hydrogens is 320 g/mol. The monoisotopic (exact) mass is 350 g/mol. The normalized spacial score (nSPS) is 26.0. The molecule has 2 saturated heterocycles. The summed E-state index contributed by atoms with van der Waals surface area (Å²) in [6, 6.07) is 0. The second kappa shape index (κ2) is 9.32. The fraction of sp³-hybridized carbons (Fsp3) is 1.00. The topological polar surface area (TPSA) is 77.7 Å². The molecule has 2 aliphatic rings. The molecule has 136 valence electrons. The second-order valence-electron chi connectivity index (χ2n) is 6.56. The number of ether oxygens (including phenoxy) is 4. The number of rotatable bonds is 14. The summed E-state index contributed by atoms with van der Waals surface area (Å²) in [6.07, 6.45) is 3.37. The van der Waals surface area contributed by atoms with Gasteiger partial charge in [0, 0.05) is 13.2 Å². The van der Waals surface area contributed by atoms with Crippen LogP contribution in [0, 0.1) is 0 Å². The van der Waals surface area contributed by atoms with Crippen LogP contribution < -0.4 is 0 Å². The summed E-state index contributed by atoms with van der Waals surface area (Å²) in [5.74, 6) is 0. The third-order valence-electron chi connectivity index (χ3n) is 4.33. The van der Waals surface area contributed by atoms with E-state index in [1.807, 2.05) is 0 Å². The van der Waals surface area contributed by atoms with Crippen LogP contribution in [0.2, 0.25) is 0 Å². The van der Waals surface area contributed by atoms with Crippen LogP contribution in [0.1, 0.15) is 39.5 Å². The molecule has 6 nitrogen and oxygen atoms in total. The second-order valence-corrected chi connectivity index (χ2v) is 9.34. The average Bonchev–Trinajstić information content (AvgIpc) is 3.40. The summed E-state index contributed by atoms with van der Waals surface area (Å²) in [7, 11) is -3.08. The molecule has 4 atom stereocenters. The molecular formula is C16H30O6S. The summed E-state index contributed by atoms with van der Waals surface area (Å²) in [6.45, 7) is 7.65. The summed E-state index contributed by atoms with van der Waals surface area (Å²) in [5.41, 5.74) is 0. The van der Waals surface area contributed by atoms with Gasteiger partial charge in [-0.2, -0.15) is 0 Å². The Kier molecular flexibility index (Phi) is 7.75. The third-order valence-corrected chi connectivity index (χ3v) is 7.05. The average molecular weight is 350 g/mol. The first-order valence-corrected chi connectivity index (χ1v) is 10.2. The Morgan fingerprint density at radius 3 is 1.65 bits per heavy atom. The Balaban J connectivity index is 1.53. The van der Waals surface area contributed by atoms with Gasteiger partial charge in [-0.15, -0.1) is 0 Å². The van der Waals surface area contributed by atoms with E-state index in [1.165, 1.54) is 0 Å². The van der Waals surface area contributed by atoms with E-state index in [-0.39, 0.29) is 22.7 Å². The van der Waals surface area contributed by atoms with Gasteiger partial charge in [0.2, 0.25) is 0 Å². The van der Waals surface area contributed by atoms with Crippen molar-refractivity contribution < 1.29 is 27.4 Å². The zero-order valence-corrected chi connectivity index (χ0v) is 15.1. The first-order chi connectivity index (χ1) is 11.0. The highest BCUT2D eigenvalue weighted by Crippen LogP contribution is 2.18. The molecule has 0 aliphatic carbocycles. The van der Waals surface area contributed by atoms with E-state index in [4.69, 9.17) is 18.9 Å². The van der Waals surface area contributed by atoms with Crippen LogP contribution in [0.4, 0.5) is 0 Å². The number of sulfone groups is 1. The van der Waals surface area contributed by atoms with Crippen molar-refractivity contribution in [1.82, 2.24) is 0 Å². The van der Waals surface area contributed by atoms with Crippen LogP contribution in [0.5, 0.6) is 0 Å². The van der Waals surface area contributed by atoms with Crippen molar-refractivity contribution in [2.45, 2.75) is 62.2 Å². The first kappa shape index (κ1) is 19.1. The zero-order valence-electron chi connectivity index (χ0n) is 14.2. The summed E-state index contributed by atoms with van der Waals surface area (Å²) < 4.78 is 46.0. The Bertz CT molecular complexity index is 396. The number of hydrogen-bond donors (Lipinski definition) is 0. The minimum atomic E-state index is -3.08. The predicted octanol–water partition coefficient (Wildman–Crippen LogP) is 1.57. The van der Waals surface area contributed by atoms with Crippen LogP contribution in [0.15, 0.2) is 0 Å². The Morgan fingerprint density at radius 1 is 0.913 bits per heavy atom. The van der Waals surface area contributed by atoms with Crippen molar-refractivity contribution in [2.24, 2.45) is 0 Å². The summed E-state index contributed by atoms with van der Waals surface area (Å²) in [4.78, 5) is 0. The fourth-order valence-electron chi connectivity index (χ4n) is 2.43. The lowest BCUT2D eigenvalue weighted by molar-refractivity contribution is 0.113. The van der Waals surface area contributed by atoms with Gasteiger partial charge in [0.15, 0.2) is 9.84 Å². The molecule has 4 unspecified atom stereocenters. The van der Waals surface area contributed by atoms with Gasteiger partial charge in [-0.1, -0.05) is 0 Å². The van der Waals surface area contributed by atoms with E-state index < -0.39 is 9.84 Å². The highest BCUT2D eigenvalue weighted by Gasteiger charge is 2.27. The van der Waals surface area contributed by atoms with E-state index in [2.05, 4.69) is 0 Å². The molecule has 0 aromatic carbocycles. The predicted molar refractivity (Wildman–Crippen MR) is 87.4 cm³/mol. The third kappa shape index (κ3) is 7.47. The van der Waals surface area contributed by atoms with Gasteiger partial charge >= 0.3 is 0 Å². The van der Waals surface area contributed by atoms with Crippen molar-refractivity contribution in [3.8, 4) is 0 Å². The molecule has 0 aromatic heterocycles. The maximum atomic E-state index is 12.5. The molecule has 0 saturated carbocycles. The van der Waals surface area contributed by atoms with Gasteiger partial charge in [0.25, 0.3) is 0 Å². The number of epoxide rings is 2. The standard InChI is InChI=1S/C16H30O6S/c1-13(5-3-7-19-9-15-11-21-15)23(17,18)14(2)6-4-8-20-10-16-12-22-16/h13-16H,3-12H2,1-2H3. The highest BCUT2D eigenvalue weighted by atomic mass is 32.2. The van der Waals surface area contributed by atoms with Crippen molar-refractivity contribution >= 4 is 9.84 Å². The minimum absolute atomic E-state index is 0.268. The van der Waals surface area contributed by atoms with Crippen LogP contribution in [0.25, 0.3) is 0 Å². The molecule has 0 radical (unpaired) electrons. The van der Waals surface area contributed by atoms with Crippen molar-refractivity contribution in [1.29, 1.82) is 0 Å². The quantitative estimate of drug-likeness (QED) is 0.350. The van der Waals surface area contributed by atoms with Gasteiger partial charge in [-0.05, 0) is 39.5 Å². The van der Waals surface area contributed by atoms with Gasteiger partial charge in [0.05, 0.1) is 36.9 Å². The highest BCUT2D eigenvalue weighted by molar-refractivity contribution is 7.92. The van der Waals surface area contributed by atoms with Gasteiger partial charge < -0.3 is 18.9 Å². The molecule has 23 heavy (non-hydrogen) atoms. The molecule has 0 spiro atoms. The van der Waals surface area contributed by atoms with Crippen LogP contribution in [-0.4, -0.2) is 70.8 Å². The number of hydrogen-bond acceptors (Lipinski definition) is 6. The van der Waals surface area contributed by atoms with Crippen LogP contribution in [0.3, 0.4) is 0 Å². The maximum absolute atomic E-state index is 12.5. The van der Waals surface area contributed by atoms with Crippen LogP contribution in [-0.2, 0) is 28.8 Å². The van der Waals surface area contributed by atoms with Crippen molar-refractivity contribution in [2.75, 3.05) is 39.6 Å². The fourth-order valence-corrected chi connectivity index (χ4v) is 4.21. The minimum Gasteiger partial charge on any atom is -0.379 e. The molecule has 0 bridgehead atoms. The smallest absolute Gasteiger partial charge is 0.155 e. The van der Waals surface area contributed by atoms with E-state index in [0.717, 1.165) is 26.1 Å². The van der Waals surface area contributed by atoms with E-state index in [0.29, 0.717) is 39.3 Å². The summed E-state index contributed by atoms with van der Waals surface area (Å²) in [5, 5.41) is -0.641. The Morgan fingerprint density at radius 2 is 1.30 bits per heavy atom. The van der Waals surface area contributed by atoms with Crippen molar-refractivity contribution in [3.63, 3.8) is 0 Å². The first-order valence-electron chi connectivity index (χ1n) is 8.61. The molecule has 2 heterocycles. The van der Waals surface area contributed by atoms with E-state index in [9.17, 15) is 8.42 Å². The Labute approximate surface area is 139 Å². The molecule has 2 aliphatic heterocycles. The molecule has 0 aromatic rings. The van der Waals surface area contributed by atoms with Gasteiger partial charge in [-0.25, -0.2) is 8.42 Å². The van der Waals surface area contributed by atoms with E-state index in [1.54, 1.807) is 13.8 Å². The zero-order chi connectivity index (χ0) is 16.7. The lowest BCUT2D eigenvalue weighted by Crippen LogP contribution is -2.28. The molecule has 7 heteroatoms. The van der Waals surface area contributed by atoms with Gasteiger partial charge in [0.1, 0.15) is 12.2 Å².